The Balaban J connectivity index is 1.82. The molecule has 0 spiro atoms. The Labute approximate surface area is 104 Å². The first-order valence-corrected chi connectivity index (χ1v) is 7.02. The second kappa shape index (κ2) is 5.43. The van der Waals surface area contributed by atoms with Crippen molar-refractivity contribution in [1.82, 2.24) is 10.2 Å². The predicted octanol–water partition coefficient (Wildman–Crippen LogP) is 2.69. The van der Waals surface area contributed by atoms with Crippen LogP contribution in [0.5, 0.6) is 0 Å². The van der Waals surface area contributed by atoms with Crippen LogP contribution in [0.25, 0.3) is 0 Å². The van der Waals surface area contributed by atoms with E-state index in [1.165, 1.54) is 34.6 Å². The smallest absolute Gasteiger partial charge is 0.0701 e. The van der Waals surface area contributed by atoms with Gasteiger partial charge in [-0.05, 0) is 61.0 Å². The van der Waals surface area contributed by atoms with Crippen LogP contribution in [0.1, 0.15) is 17.7 Å². The van der Waals surface area contributed by atoms with Crippen LogP contribution < -0.4 is 5.32 Å². The van der Waals surface area contributed by atoms with Gasteiger partial charge in [0.15, 0.2) is 0 Å². The molecule has 1 aromatic rings. The molecule has 1 aliphatic rings. The third kappa shape index (κ3) is 3.28. The summed E-state index contributed by atoms with van der Waals surface area (Å²) in [7, 11) is 2.07. The van der Waals surface area contributed by atoms with Gasteiger partial charge in [0.25, 0.3) is 0 Å². The molecule has 2 nitrogen and oxygen atoms in total. The molecule has 1 aliphatic heterocycles. The van der Waals surface area contributed by atoms with Gasteiger partial charge in [-0.3, -0.25) is 4.90 Å². The number of halogens is 1. The maximum Gasteiger partial charge on any atom is 0.0701 e. The average molecular weight is 289 g/mol. The molecule has 0 amide bonds. The Bertz CT molecular complexity index is 305. The topological polar surface area (TPSA) is 15.3 Å². The molecular weight excluding hydrogens is 272 g/mol. The lowest BCUT2D eigenvalue weighted by Gasteiger charge is -2.31. The lowest BCUT2D eigenvalue weighted by Crippen LogP contribution is -2.40. The molecule has 1 N–H and O–H groups in total. The van der Waals surface area contributed by atoms with E-state index in [0.717, 1.165) is 12.6 Å². The summed E-state index contributed by atoms with van der Waals surface area (Å²) >= 11 is 5.36. The fourth-order valence-electron chi connectivity index (χ4n) is 2.04. The molecule has 2 rings (SSSR count). The number of nitrogens with one attached hydrogen (secondary N) is 1. The highest BCUT2D eigenvalue weighted by molar-refractivity contribution is 9.11. The van der Waals surface area contributed by atoms with Gasteiger partial charge < -0.3 is 5.32 Å². The van der Waals surface area contributed by atoms with E-state index in [1.54, 1.807) is 0 Å². The molecule has 0 radical (unpaired) electrons. The average Bonchev–Trinajstić information content (AvgIpc) is 2.65. The fourth-order valence-corrected chi connectivity index (χ4v) is 3.56. The van der Waals surface area contributed by atoms with Gasteiger partial charge in [-0.15, -0.1) is 11.3 Å². The maximum absolute atomic E-state index is 3.51. The Hall–Kier alpha value is 0.1000. The molecule has 1 fully saturated rings. The van der Waals surface area contributed by atoms with Crippen molar-refractivity contribution >= 4 is 27.3 Å². The molecule has 15 heavy (non-hydrogen) atoms. The van der Waals surface area contributed by atoms with Gasteiger partial charge in [0, 0.05) is 17.5 Å². The van der Waals surface area contributed by atoms with Crippen LogP contribution in [0.4, 0.5) is 0 Å². The monoisotopic (exact) mass is 288 g/mol. The molecule has 1 saturated heterocycles. The highest BCUT2D eigenvalue weighted by Crippen LogP contribution is 2.24. The highest BCUT2D eigenvalue weighted by Gasteiger charge is 2.17. The summed E-state index contributed by atoms with van der Waals surface area (Å²) in [5, 5.41) is 3.36. The molecule has 84 valence electrons. The van der Waals surface area contributed by atoms with E-state index in [0.29, 0.717) is 0 Å². The van der Waals surface area contributed by atoms with Gasteiger partial charge in [0.2, 0.25) is 0 Å². The molecule has 0 bridgehead atoms. The van der Waals surface area contributed by atoms with Gasteiger partial charge in [0.1, 0.15) is 0 Å². The Morgan fingerprint density at radius 3 is 2.73 bits per heavy atom. The lowest BCUT2D eigenvalue weighted by atomic mass is 10.1. The lowest BCUT2D eigenvalue weighted by molar-refractivity contribution is 0.196. The quantitative estimate of drug-likeness (QED) is 0.920. The number of rotatable bonds is 3. The second-order valence-electron chi connectivity index (χ2n) is 4.04. The second-order valence-corrected chi connectivity index (χ2v) is 6.59. The Morgan fingerprint density at radius 2 is 2.20 bits per heavy atom. The largest absolute Gasteiger partial charge is 0.317 e. The summed E-state index contributed by atoms with van der Waals surface area (Å²) in [6, 6.07) is 5.09. The third-order valence-electron chi connectivity index (χ3n) is 3.00. The number of piperidine rings is 1. The van der Waals surface area contributed by atoms with Crippen molar-refractivity contribution < 1.29 is 0 Å². The van der Waals surface area contributed by atoms with Crippen molar-refractivity contribution in [3.63, 3.8) is 0 Å². The predicted molar refractivity (Wildman–Crippen MR) is 69.4 cm³/mol. The van der Waals surface area contributed by atoms with Crippen LogP contribution in [-0.4, -0.2) is 31.1 Å². The minimum Gasteiger partial charge on any atom is -0.317 e. The van der Waals surface area contributed by atoms with Crippen molar-refractivity contribution in [2.75, 3.05) is 20.1 Å². The zero-order valence-electron chi connectivity index (χ0n) is 9.00. The number of hydrogen-bond donors (Lipinski definition) is 1. The van der Waals surface area contributed by atoms with Crippen LogP contribution in [-0.2, 0) is 6.54 Å². The van der Waals surface area contributed by atoms with Crippen LogP contribution in [0.15, 0.2) is 15.9 Å². The fraction of sp³-hybridized carbons (Fsp3) is 0.636. The summed E-state index contributed by atoms with van der Waals surface area (Å²) in [6.07, 6.45) is 2.56. The van der Waals surface area contributed by atoms with E-state index < -0.39 is 0 Å². The molecular formula is C11H17BrN2S. The number of likely N-dealkylation sites (tertiary alicyclic amines) is 1. The summed E-state index contributed by atoms with van der Waals surface area (Å²) in [5.41, 5.74) is 0. The number of hydrogen-bond acceptors (Lipinski definition) is 3. The van der Waals surface area contributed by atoms with E-state index in [-0.39, 0.29) is 0 Å². The third-order valence-corrected chi connectivity index (χ3v) is 4.61. The first-order valence-electron chi connectivity index (χ1n) is 5.42. The van der Waals surface area contributed by atoms with Crippen molar-refractivity contribution in [2.24, 2.45) is 0 Å². The van der Waals surface area contributed by atoms with Gasteiger partial charge in [0.05, 0.1) is 3.79 Å². The zero-order chi connectivity index (χ0) is 10.7. The van der Waals surface area contributed by atoms with Crippen LogP contribution in [0.2, 0.25) is 0 Å². The van der Waals surface area contributed by atoms with Crippen molar-refractivity contribution in [3.05, 3.63) is 20.8 Å². The molecule has 0 unspecified atom stereocenters. The molecule has 1 aromatic heterocycles. The van der Waals surface area contributed by atoms with Gasteiger partial charge >= 0.3 is 0 Å². The van der Waals surface area contributed by atoms with Gasteiger partial charge in [-0.1, -0.05) is 0 Å². The van der Waals surface area contributed by atoms with Crippen LogP contribution in [0.3, 0.4) is 0 Å². The van der Waals surface area contributed by atoms with Crippen molar-refractivity contribution in [1.29, 1.82) is 0 Å². The number of nitrogens with zero attached hydrogens (tertiary/aromatic N) is 1. The summed E-state index contributed by atoms with van der Waals surface area (Å²) < 4.78 is 1.24. The van der Waals surface area contributed by atoms with Crippen molar-refractivity contribution in [2.45, 2.75) is 25.4 Å². The zero-order valence-corrected chi connectivity index (χ0v) is 11.4. The Morgan fingerprint density at radius 1 is 1.47 bits per heavy atom. The standard InChI is InChI=1S/C11H17BrN2S/c1-13-9-4-6-14(7-5-9)8-10-2-3-11(12)15-10/h2-3,9,13H,4-8H2,1H3. The molecule has 2 heterocycles. The normalized spacial score (nSPS) is 19.6. The van der Waals surface area contributed by atoms with E-state index >= 15 is 0 Å². The molecule has 0 aliphatic carbocycles. The molecule has 0 saturated carbocycles. The first kappa shape index (κ1) is 11.6. The molecule has 0 aromatic carbocycles. The van der Waals surface area contributed by atoms with Crippen LogP contribution in [0, 0.1) is 0 Å². The van der Waals surface area contributed by atoms with E-state index in [2.05, 4.69) is 45.3 Å². The highest BCUT2D eigenvalue weighted by atomic mass is 79.9. The number of thiophene rings is 1. The molecule has 0 atom stereocenters. The van der Waals surface area contributed by atoms with Crippen molar-refractivity contribution in [3.8, 4) is 0 Å². The summed E-state index contributed by atoms with van der Waals surface area (Å²) in [4.78, 5) is 4.01. The van der Waals surface area contributed by atoms with E-state index in [9.17, 15) is 0 Å². The minimum atomic E-state index is 0.733. The Kier molecular flexibility index (Phi) is 4.20. The van der Waals surface area contributed by atoms with E-state index in [1.807, 2.05) is 11.3 Å². The summed E-state index contributed by atoms with van der Waals surface area (Å²) in [6.45, 7) is 3.56. The maximum atomic E-state index is 3.51. The SMILES string of the molecule is CNC1CCN(Cc2ccc(Br)s2)CC1. The summed E-state index contributed by atoms with van der Waals surface area (Å²) in [5.74, 6) is 0. The first-order chi connectivity index (χ1) is 7.28. The molecule has 4 heteroatoms. The van der Waals surface area contributed by atoms with Gasteiger partial charge in [-0.25, -0.2) is 0 Å². The van der Waals surface area contributed by atoms with E-state index in [4.69, 9.17) is 0 Å². The van der Waals surface area contributed by atoms with Crippen LogP contribution >= 0.6 is 27.3 Å². The minimum absolute atomic E-state index is 0.733. The van der Waals surface area contributed by atoms with Gasteiger partial charge in [-0.2, -0.15) is 0 Å².